The highest BCUT2D eigenvalue weighted by Gasteiger charge is 2.61. The summed E-state index contributed by atoms with van der Waals surface area (Å²) in [6.45, 7) is 13.3. The Hall–Kier alpha value is -1.65. The summed E-state index contributed by atoms with van der Waals surface area (Å²) in [5, 5.41) is 11.3. The molecule has 172 valence electrons. The Bertz CT molecular complexity index is 807. The number of amides is 1. The van der Waals surface area contributed by atoms with Crippen LogP contribution in [-0.4, -0.2) is 27.8 Å². The maximum atomic E-state index is 13.7. The van der Waals surface area contributed by atoms with Crippen LogP contribution in [0, 0.1) is 50.5 Å². The summed E-state index contributed by atoms with van der Waals surface area (Å²) >= 11 is 0. The fourth-order valence-corrected chi connectivity index (χ4v) is 8.27. The molecule has 0 N–H and O–H groups in total. The lowest BCUT2D eigenvalue weighted by molar-refractivity contribution is -0.420. The van der Waals surface area contributed by atoms with Crippen molar-refractivity contribution in [1.82, 2.24) is 4.90 Å². The Balaban J connectivity index is 1.58. The molecule has 7 atom stereocenters. The minimum atomic E-state index is -0.248. The van der Waals surface area contributed by atoms with E-state index in [1.165, 1.54) is 0 Å². The van der Waals surface area contributed by atoms with E-state index in [1.807, 2.05) is 6.08 Å². The average molecular weight is 429 g/mol. The van der Waals surface area contributed by atoms with Crippen LogP contribution < -0.4 is 0 Å². The van der Waals surface area contributed by atoms with E-state index in [0.29, 0.717) is 23.7 Å². The minimum absolute atomic E-state index is 0.00769. The fraction of sp³-hybridized carbons (Fsp3) is 0.808. The summed E-state index contributed by atoms with van der Waals surface area (Å²) in [5.41, 5.74) is 0.354. The summed E-state index contributed by atoms with van der Waals surface area (Å²) in [6.07, 6.45) is 12.4. The van der Waals surface area contributed by atoms with Gasteiger partial charge >= 0.3 is 0 Å². The van der Waals surface area contributed by atoms with Crippen LogP contribution >= 0.6 is 0 Å². The second kappa shape index (κ2) is 7.74. The molecule has 0 aromatic carbocycles. The van der Waals surface area contributed by atoms with Gasteiger partial charge in [-0.15, -0.1) is 0 Å². The van der Waals surface area contributed by atoms with E-state index in [2.05, 4.69) is 52.5 Å². The highest BCUT2D eigenvalue weighted by Crippen LogP contribution is 2.66. The molecule has 1 amide bonds. The first kappa shape index (κ1) is 22.5. The molecule has 4 aliphatic rings. The Morgan fingerprint density at radius 1 is 1.06 bits per heavy atom. The smallest absolute Gasteiger partial charge is 0.265 e. The molecule has 0 spiro atoms. The fourth-order valence-electron chi connectivity index (χ4n) is 8.27. The van der Waals surface area contributed by atoms with Crippen molar-refractivity contribution in [3.63, 3.8) is 0 Å². The van der Waals surface area contributed by atoms with Crippen LogP contribution in [0.25, 0.3) is 0 Å². The van der Waals surface area contributed by atoms with Crippen LogP contribution in [0.15, 0.2) is 23.9 Å². The molecule has 0 bridgehead atoms. The van der Waals surface area contributed by atoms with Gasteiger partial charge in [0, 0.05) is 24.1 Å². The van der Waals surface area contributed by atoms with Crippen molar-refractivity contribution in [2.45, 2.75) is 92.2 Å². The monoisotopic (exact) mass is 428 g/mol. The van der Waals surface area contributed by atoms with Gasteiger partial charge in [-0.2, -0.15) is 0 Å². The van der Waals surface area contributed by atoms with Gasteiger partial charge in [0.1, 0.15) is 0 Å². The molecular weight excluding hydrogens is 388 g/mol. The van der Waals surface area contributed by atoms with Crippen LogP contribution in [-0.2, 0) is 4.79 Å². The third-order valence-corrected chi connectivity index (χ3v) is 9.71. The molecule has 0 heterocycles. The zero-order valence-corrected chi connectivity index (χ0v) is 20.1. The molecule has 0 saturated heterocycles. The molecule has 3 fully saturated rings. The van der Waals surface area contributed by atoms with E-state index in [9.17, 15) is 14.9 Å². The van der Waals surface area contributed by atoms with Gasteiger partial charge in [-0.1, -0.05) is 19.9 Å². The van der Waals surface area contributed by atoms with Gasteiger partial charge in [0.15, 0.2) is 0 Å². The molecule has 5 nitrogen and oxygen atoms in total. The number of carbonyl (C=O) groups is 1. The van der Waals surface area contributed by atoms with Crippen molar-refractivity contribution in [2.24, 2.45) is 40.4 Å². The van der Waals surface area contributed by atoms with Gasteiger partial charge in [0.2, 0.25) is 5.91 Å². The summed E-state index contributed by atoms with van der Waals surface area (Å²) < 4.78 is 0. The normalized spacial score (nSPS) is 41.4. The highest BCUT2D eigenvalue weighted by atomic mass is 16.6. The predicted octanol–water partition coefficient (Wildman–Crippen LogP) is 5.84. The maximum Gasteiger partial charge on any atom is 0.265 e. The highest BCUT2D eigenvalue weighted by molar-refractivity contribution is 5.80. The lowest BCUT2D eigenvalue weighted by Gasteiger charge is -2.58. The lowest BCUT2D eigenvalue weighted by Crippen LogP contribution is -2.54. The molecule has 4 aliphatic carbocycles. The number of allylic oxidation sites excluding steroid dienone is 3. The summed E-state index contributed by atoms with van der Waals surface area (Å²) in [4.78, 5) is 26.9. The van der Waals surface area contributed by atoms with E-state index in [1.54, 1.807) is 6.08 Å². The first-order valence-corrected chi connectivity index (χ1v) is 12.4. The number of nitro groups is 1. The van der Waals surface area contributed by atoms with Crippen molar-refractivity contribution in [2.75, 3.05) is 0 Å². The zero-order chi connectivity index (χ0) is 22.7. The number of nitrogens with zero attached hydrogens (tertiary/aromatic N) is 2. The molecular formula is C26H40N2O3. The van der Waals surface area contributed by atoms with Crippen molar-refractivity contribution in [3.05, 3.63) is 34.0 Å². The van der Waals surface area contributed by atoms with E-state index < -0.39 is 0 Å². The Morgan fingerprint density at radius 3 is 2.35 bits per heavy atom. The van der Waals surface area contributed by atoms with Gasteiger partial charge in [-0.05, 0) is 107 Å². The SMILES string of the molecule is CC(C)N(C(=O)[C@H]1CCC2C3CCC4C=C([N+](=O)[O-])C=C[C@]4(C)C3CC[C@@]21C)C(C)C. The molecule has 4 rings (SSSR count). The zero-order valence-electron chi connectivity index (χ0n) is 20.1. The van der Waals surface area contributed by atoms with E-state index in [-0.39, 0.29) is 45.4 Å². The summed E-state index contributed by atoms with van der Waals surface area (Å²) in [5.74, 6) is 2.54. The second-order valence-electron chi connectivity index (χ2n) is 11.7. The lowest BCUT2D eigenvalue weighted by atomic mass is 9.46. The quantitative estimate of drug-likeness (QED) is 0.417. The number of carbonyl (C=O) groups excluding carboxylic acids is 1. The maximum absolute atomic E-state index is 13.7. The third kappa shape index (κ3) is 3.38. The van der Waals surface area contributed by atoms with Crippen molar-refractivity contribution < 1.29 is 9.72 Å². The molecule has 3 saturated carbocycles. The van der Waals surface area contributed by atoms with E-state index in [4.69, 9.17) is 0 Å². The molecule has 4 unspecified atom stereocenters. The minimum Gasteiger partial charge on any atom is -0.338 e. The predicted molar refractivity (Wildman–Crippen MR) is 123 cm³/mol. The van der Waals surface area contributed by atoms with E-state index in [0.717, 1.165) is 38.5 Å². The Kier molecular flexibility index (Phi) is 5.63. The molecule has 0 aromatic heterocycles. The molecule has 0 aromatic rings. The summed E-state index contributed by atoms with van der Waals surface area (Å²) in [6, 6.07) is 0.464. The molecule has 0 radical (unpaired) electrons. The van der Waals surface area contributed by atoms with Crippen molar-refractivity contribution in [1.29, 1.82) is 0 Å². The van der Waals surface area contributed by atoms with Gasteiger partial charge in [0.25, 0.3) is 5.70 Å². The first-order chi connectivity index (χ1) is 14.5. The molecule has 0 aliphatic heterocycles. The Labute approximate surface area is 187 Å². The van der Waals surface area contributed by atoms with Crippen LogP contribution in [0.4, 0.5) is 0 Å². The van der Waals surface area contributed by atoms with E-state index >= 15 is 0 Å². The number of hydrogen-bond acceptors (Lipinski definition) is 3. The Morgan fingerprint density at radius 2 is 1.74 bits per heavy atom. The first-order valence-electron chi connectivity index (χ1n) is 12.4. The van der Waals surface area contributed by atoms with Gasteiger partial charge in [-0.3, -0.25) is 14.9 Å². The average Bonchev–Trinajstić information content (AvgIpc) is 3.03. The van der Waals surface area contributed by atoms with Gasteiger partial charge < -0.3 is 4.90 Å². The number of fused-ring (bicyclic) bond motifs is 5. The van der Waals surface area contributed by atoms with Crippen LogP contribution in [0.1, 0.15) is 80.1 Å². The van der Waals surface area contributed by atoms with Gasteiger partial charge in [-0.25, -0.2) is 0 Å². The van der Waals surface area contributed by atoms with Crippen LogP contribution in [0.2, 0.25) is 0 Å². The largest absolute Gasteiger partial charge is 0.338 e. The van der Waals surface area contributed by atoms with Crippen molar-refractivity contribution >= 4 is 5.91 Å². The second-order valence-corrected chi connectivity index (χ2v) is 11.7. The topological polar surface area (TPSA) is 63.5 Å². The number of hydrogen-bond donors (Lipinski definition) is 0. The summed E-state index contributed by atoms with van der Waals surface area (Å²) in [7, 11) is 0. The van der Waals surface area contributed by atoms with Gasteiger partial charge in [0.05, 0.1) is 4.92 Å². The standard InChI is InChI=1S/C26H40N2O3/c1-16(2)27(17(3)4)24(29)23-10-9-21-20-8-7-18-15-19(28(30)31)11-13-25(18,5)22(20)12-14-26(21,23)6/h11,13,15-18,20-23H,7-10,12,14H2,1-6H3/t18?,20?,21?,22?,23-,25+,26+/m1/s1. The van der Waals surface area contributed by atoms with Crippen LogP contribution in [0.5, 0.6) is 0 Å². The number of rotatable bonds is 4. The third-order valence-electron chi connectivity index (χ3n) is 9.71. The molecule has 5 heteroatoms. The van der Waals surface area contributed by atoms with Crippen LogP contribution in [0.3, 0.4) is 0 Å². The van der Waals surface area contributed by atoms with Crippen molar-refractivity contribution in [3.8, 4) is 0 Å². The molecule has 31 heavy (non-hydrogen) atoms.